The zero-order valence-electron chi connectivity index (χ0n) is 15.7. The molecular formula is C22H24N2O3. The number of likely N-dealkylation sites (tertiary alicyclic amines) is 1. The van der Waals surface area contributed by atoms with E-state index in [2.05, 4.69) is 5.32 Å². The van der Waals surface area contributed by atoms with Gasteiger partial charge in [-0.15, -0.1) is 0 Å². The summed E-state index contributed by atoms with van der Waals surface area (Å²) in [5, 5.41) is 2.67. The highest BCUT2D eigenvalue weighted by Crippen LogP contribution is 2.19. The number of carbonyl (C=O) groups excluding carboxylic acids is 3. The van der Waals surface area contributed by atoms with Crippen molar-refractivity contribution in [2.45, 2.75) is 26.7 Å². The van der Waals surface area contributed by atoms with Crippen LogP contribution in [0.4, 0.5) is 0 Å². The average Bonchev–Trinajstić information content (AvgIpc) is 3.22. The van der Waals surface area contributed by atoms with Crippen molar-refractivity contribution >= 4 is 17.6 Å². The summed E-state index contributed by atoms with van der Waals surface area (Å²) in [5.74, 6) is -0.677. The summed E-state index contributed by atoms with van der Waals surface area (Å²) in [7, 11) is 0. The van der Waals surface area contributed by atoms with Gasteiger partial charge in [-0.25, -0.2) is 0 Å². The molecule has 1 fully saturated rings. The van der Waals surface area contributed by atoms with E-state index in [9.17, 15) is 14.4 Å². The molecule has 0 saturated carbocycles. The maximum Gasteiger partial charge on any atom is 0.252 e. The number of nitrogens with one attached hydrogen (secondary N) is 1. The Bertz CT molecular complexity index is 883. The van der Waals surface area contributed by atoms with Gasteiger partial charge in [-0.3, -0.25) is 14.4 Å². The topological polar surface area (TPSA) is 66.5 Å². The predicted octanol–water partition coefficient (Wildman–Crippen LogP) is 2.89. The summed E-state index contributed by atoms with van der Waals surface area (Å²) in [5.41, 5.74) is 3.07. The first-order valence-electron chi connectivity index (χ1n) is 9.24. The molecule has 0 spiro atoms. The Morgan fingerprint density at radius 2 is 1.59 bits per heavy atom. The van der Waals surface area contributed by atoms with Crippen LogP contribution in [0.15, 0.2) is 42.5 Å². The Morgan fingerprint density at radius 1 is 0.926 bits per heavy atom. The number of hydrogen-bond acceptors (Lipinski definition) is 3. The van der Waals surface area contributed by atoms with E-state index < -0.39 is 5.91 Å². The number of amides is 2. The van der Waals surface area contributed by atoms with Crippen molar-refractivity contribution in [1.29, 1.82) is 0 Å². The van der Waals surface area contributed by atoms with Gasteiger partial charge in [0.15, 0.2) is 5.78 Å². The van der Waals surface area contributed by atoms with E-state index >= 15 is 0 Å². The molecule has 3 rings (SSSR count). The molecule has 0 bridgehead atoms. The van der Waals surface area contributed by atoms with Gasteiger partial charge in [0.05, 0.1) is 12.1 Å². The fraction of sp³-hybridized carbons (Fsp3) is 0.318. The van der Waals surface area contributed by atoms with Crippen molar-refractivity contribution in [3.05, 3.63) is 70.3 Å². The fourth-order valence-corrected chi connectivity index (χ4v) is 3.33. The highest BCUT2D eigenvalue weighted by Gasteiger charge is 2.22. The number of carbonyl (C=O) groups is 3. The second-order valence-electron chi connectivity index (χ2n) is 6.96. The SMILES string of the molecule is Cc1ccc(C)c(C(=O)c2ccccc2C(=O)NCC(=O)N2CCCC2)c1. The van der Waals surface area contributed by atoms with E-state index in [1.807, 2.05) is 32.0 Å². The van der Waals surface area contributed by atoms with Gasteiger partial charge >= 0.3 is 0 Å². The van der Waals surface area contributed by atoms with Crippen molar-refractivity contribution in [3.8, 4) is 0 Å². The maximum absolute atomic E-state index is 13.0. The van der Waals surface area contributed by atoms with Gasteiger partial charge in [-0.1, -0.05) is 35.9 Å². The summed E-state index contributed by atoms with van der Waals surface area (Å²) in [6, 6.07) is 12.4. The summed E-state index contributed by atoms with van der Waals surface area (Å²) in [6.45, 7) is 5.25. The predicted molar refractivity (Wildman–Crippen MR) is 104 cm³/mol. The average molecular weight is 364 g/mol. The lowest BCUT2D eigenvalue weighted by Crippen LogP contribution is -2.39. The number of aryl methyl sites for hydroxylation is 2. The van der Waals surface area contributed by atoms with E-state index in [4.69, 9.17) is 0 Å². The quantitative estimate of drug-likeness (QED) is 0.830. The molecule has 1 aliphatic heterocycles. The molecule has 0 unspecified atom stereocenters. The minimum atomic E-state index is -0.406. The smallest absolute Gasteiger partial charge is 0.252 e. The third-order valence-electron chi connectivity index (χ3n) is 4.91. The van der Waals surface area contributed by atoms with Crippen molar-refractivity contribution in [1.82, 2.24) is 10.2 Å². The molecule has 2 amide bonds. The first-order chi connectivity index (χ1) is 13.0. The van der Waals surface area contributed by atoms with Crippen molar-refractivity contribution in [2.75, 3.05) is 19.6 Å². The van der Waals surface area contributed by atoms with Crippen LogP contribution in [0.5, 0.6) is 0 Å². The van der Waals surface area contributed by atoms with E-state index in [1.54, 1.807) is 29.2 Å². The summed E-state index contributed by atoms with van der Waals surface area (Å²) < 4.78 is 0. The van der Waals surface area contributed by atoms with E-state index in [1.165, 1.54) is 0 Å². The molecule has 0 radical (unpaired) electrons. The van der Waals surface area contributed by atoms with Crippen LogP contribution < -0.4 is 5.32 Å². The zero-order valence-corrected chi connectivity index (χ0v) is 15.7. The lowest BCUT2D eigenvalue weighted by Gasteiger charge is -2.16. The van der Waals surface area contributed by atoms with Gasteiger partial charge in [0.25, 0.3) is 5.91 Å². The molecule has 140 valence electrons. The van der Waals surface area contributed by atoms with Crippen molar-refractivity contribution in [2.24, 2.45) is 0 Å². The fourth-order valence-electron chi connectivity index (χ4n) is 3.33. The Labute approximate surface area is 159 Å². The molecule has 1 saturated heterocycles. The molecular weight excluding hydrogens is 340 g/mol. The monoisotopic (exact) mass is 364 g/mol. The lowest BCUT2D eigenvalue weighted by atomic mass is 9.94. The Hall–Kier alpha value is -2.95. The number of hydrogen-bond donors (Lipinski definition) is 1. The first-order valence-corrected chi connectivity index (χ1v) is 9.24. The van der Waals surface area contributed by atoms with Crippen LogP contribution in [0.3, 0.4) is 0 Å². The minimum Gasteiger partial charge on any atom is -0.343 e. The molecule has 2 aromatic rings. The maximum atomic E-state index is 13.0. The normalized spacial score (nSPS) is 13.5. The molecule has 27 heavy (non-hydrogen) atoms. The molecule has 0 atom stereocenters. The van der Waals surface area contributed by atoms with Gasteiger partial charge in [-0.2, -0.15) is 0 Å². The van der Waals surface area contributed by atoms with Gasteiger partial charge in [0.1, 0.15) is 0 Å². The Balaban J connectivity index is 1.78. The van der Waals surface area contributed by atoms with Crippen LogP contribution in [0.2, 0.25) is 0 Å². The molecule has 2 aromatic carbocycles. The van der Waals surface area contributed by atoms with Crippen LogP contribution >= 0.6 is 0 Å². The Morgan fingerprint density at radius 3 is 2.30 bits per heavy atom. The molecule has 1 aliphatic rings. The molecule has 5 nitrogen and oxygen atoms in total. The van der Waals surface area contributed by atoms with Crippen molar-refractivity contribution < 1.29 is 14.4 Å². The largest absolute Gasteiger partial charge is 0.343 e. The highest BCUT2D eigenvalue weighted by atomic mass is 16.2. The minimum absolute atomic E-state index is 0.0508. The van der Waals surface area contributed by atoms with Gasteiger partial charge < -0.3 is 10.2 Å². The molecule has 5 heteroatoms. The molecule has 1 heterocycles. The zero-order chi connectivity index (χ0) is 19.4. The number of rotatable bonds is 5. The van der Waals surface area contributed by atoms with E-state index in [-0.39, 0.29) is 23.8 Å². The lowest BCUT2D eigenvalue weighted by molar-refractivity contribution is -0.129. The second kappa shape index (κ2) is 8.16. The standard InChI is InChI=1S/C22H24N2O3/c1-15-9-10-16(2)19(13-15)21(26)17-7-3-4-8-18(17)22(27)23-14-20(25)24-11-5-6-12-24/h3-4,7-10,13H,5-6,11-12,14H2,1-2H3,(H,23,27). The molecule has 0 aliphatic carbocycles. The second-order valence-corrected chi connectivity index (χ2v) is 6.96. The van der Waals surface area contributed by atoms with E-state index in [0.29, 0.717) is 11.1 Å². The summed E-state index contributed by atoms with van der Waals surface area (Å²) in [6.07, 6.45) is 2.01. The van der Waals surface area contributed by atoms with Gasteiger partial charge in [0, 0.05) is 24.2 Å². The van der Waals surface area contributed by atoms with Crippen LogP contribution in [0.25, 0.3) is 0 Å². The van der Waals surface area contributed by atoms with Gasteiger partial charge in [-0.05, 0) is 44.4 Å². The summed E-state index contributed by atoms with van der Waals surface area (Å²) in [4.78, 5) is 39.6. The number of benzene rings is 2. The van der Waals surface area contributed by atoms with Gasteiger partial charge in [0.2, 0.25) is 5.91 Å². The first kappa shape index (κ1) is 18.8. The van der Waals surface area contributed by atoms with Crippen LogP contribution in [-0.4, -0.2) is 42.1 Å². The van der Waals surface area contributed by atoms with E-state index in [0.717, 1.165) is 37.1 Å². The number of ketones is 1. The number of nitrogens with zero attached hydrogens (tertiary/aromatic N) is 1. The highest BCUT2D eigenvalue weighted by molar-refractivity contribution is 6.16. The third kappa shape index (κ3) is 4.25. The van der Waals surface area contributed by atoms with Crippen LogP contribution in [-0.2, 0) is 4.79 Å². The van der Waals surface area contributed by atoms with Crippen molar-refractivity contribution in [3.63, 3.8) is 0 Å². The molecule has 1 N–H and O–H groups in total. The molecule has 0 aromatic heterocycles. The third-order valence-corrected chi connectivity index (χ3v) is 4.91. The summed E-state index contributed by atoms with van der Waals surface area (Å²) >= 11 is 0. The van der Waals surface area contributed by atoms with Crippen LogP contribution in [0, 0.1) is 13.8 Å². The van der Waals surface area contributed by atoms with Crippen LogP contribution in [0.1, 0.15) is 50.2 Å². The Kier molecular flexibility index (Phi) is 5.69.